The third-order valence-corrected chi connectivity index (χ3v) is 7.28. The fourth-order valence-corrected chi connectivity index (χ4v) is 5.50. The van der Waals surface area contributed by atoms with Crippen LogP contribution < -0.4 is 4.74 Å². The summed E-state index contributed by atoms with van der Waals surface area (Å²) in [5.74, 6) is -1.60. The Morgan fingerprint density at radius 2 is 1.74 bits per heavy atom. The number of nitrogens with one attached hydrogen (secondary N) is 1. The highest BCUT2D eigenvalue weighted by molar-refractivity contribution is 7.85. The topological polar surface area (TPSA) is 102 Å². The van der Waals surface area contributed by atoms with Crippen molar-refractivity contribution in [3.05, 3.63) is 59.1 Å². The number of rotatable bonds is 5. The number of ether oxygens (including phenoxy) is 3. The van der Waals surface area contributed by atoms with E-state index in [9.17, 15) is 5.11 Å². The molecule has 12 heteroatoms. The van der Waals surface area contributed by atoms with Crippen LogP contribution in [-0.2, 0) is 20.2 Å². The molecule has 0 aliphatic carbocycles. The number of hydrogen-bond donors (Lipinski definition) is 2. The van der Waals surface area contributed by atoms with Gasteiger partial charge in [-0.15, -0.1) is 10.7 Å². The van der Waals surface area contributed by atoms with Gasteiger partial charge in [0.2, 0.25) is 0 Å². The molecule has 0 spiro atoms. The summed E-state index contributed by atoms with van der Waals surface area (Å²) in [5.41, 5.74) is 2.03. The first-order valence-corrected chi connectivity index (χ1v) is 14.2. The maximum absolute atomic E-state index is 15.3. The van der Waals surface area contributed by atoms with E-state index in [1.165, 1.54) is 18.2 Å². The number of halogens is 3. The number of pyridine rings is 1. The Bertz CT molecular complexity index is 1540. The van der Waals surface area contributed by atoms with Gasteiger partial charge in [-0.3, -0.25) is 0 Å². The molecule has 4 heterocycles. The lowest BCUT2D eigenvalue weighted by Gasteiger charge is -2.15. The van der Waals surface area contributed by atoms with Crippen LogP contribution in [0.1, 0.15) is 0 Å². The lowest BCUT2D eigenvalue weighted by atomic mass is 10.0. The van der Waals surface area contributed by atoms with E-state index in [0.717, 1.165) is 5.69 Å². The predicted molar refractivity (Wildman–Crippen MR) is 141 cm³/mol. The second-order valence-corrected chi connectivity index (χ2v) is 11.4. The maximum atomic E-state index is 15.3. The molecule has 0 bridgehead atoms. The normalized spacial score (nSPS) is 22.8. The zero-order valence-electron chi connectivity index (χ0n) is 20.3. The molecule has 0 radical (unpaired) electrons. The summed E-state index contributed by atoms with van der Waals surface area (Å²) in [4.78, 5) is 11.6. The summed E-state index contributed by atoms with van der Waals surface area (Å²) in [7, 11) is -0.114. The first kappa shape index (κ1) is 25.3. The SMILES string of the molecule is CS(C)=Nc1ccc(-c2cc(F)c(-c3nc4nc(O[C@@H]5CO[C@H]6[C@@H]5OC[C@H]6O)[nH]c4cc3Cl)c(F)c2)cc1. The molecule has 198 valence electrons. The van der Waals surface area contributed by atoms with E-state index in [2.05, 4.69) is 19.3 Å². The highest BCUT2D eigenvalue weighted by atomic mass is 35.5. The summed E-state index contributed by atoms with van der Waals surface area (Å²) in [6.45, 7) is 0.395. The highest BCUT2D eigenvalue weighted by Crippen LogP contribution is 2.36. The zero-order chi connectivity index (χ0) is 26.6. The van der Waals surface area contributed by atoms with Crippen molar-refractivity contribution >= 4 is 39.1 Å². The molecule has 0 saturated carbocycles. The first-order valence-electron chi connectivity index (χ1n) is 11.8. The Balaban J connectivity index is 1.29. The number of benzene rings is 2. The van der Waals surface area contributed by atoms with Crippen LogP contribution in [0.15, 0.2) is 46.8 Å². The molecule has 2 aliphatic heterocycles. The molecule has 6 rings (SSSR count). The van der Waals surface area contributed by atoms with Crippen LogP contribution in [0.2, 0.25) is 5.02 Å². The van der Waals surface area contributed by atoms with Crippen molar-refractivity contribution < 1.29 is 28.1 Å². The summed E-state index contributed by atoms with van der Waals surface area (Å²) < 4.78 is 52.1. The van der Waals surface area contributed by atoms with Gasteiger partial charge in [-0.25, -0.2) is 18.1 Å². The molecule has 4 atom stereocenters. The minimum atomic E-state index is -0.802. The van der Waals surface area contributed by atoms with E-state index >= 15 is 8.78 Å². The second kappa shape index (κ2) is 9.97. The summed E-state index contributed by atoms with van der Waals surface area (Å²) >= 11 is 6.40. The van der Waals surface area contributed by atoms with Crippen LogP contribution in [0.4, 0.5) is 14.5 Å². The fourth-order valence-electron chi connectivity index (χ4n) is 4.71. The van der Waals surface area contributed by atoms with E-state index in [1.807, 2.05) is 24.6 Å². The third kappa shape index (κ3) is 4.69. The lowest BCUT2D eigenvalue weighted by molar-refractivity contribution is 0.00706. The molecule has 2 aromatic carbocycles. The molecular formula is C26H23ClF2N4O4S. The summed E-state index contributed by atoms with van der Waals surface area (Å²) in [6, 6.07) is 11.3. The number of aliphatic hydroxyl groups excluding tert-OH is 1. The Labute approximate surface area is 224 Å². The van der Waals surface area contributed by atoms with Crippen LogP contribution in [-0.4, -0.2) is 70.2 Å². The van der Waals surface area contributed by atoms with Gasteiger partial charge in [-0.2, -0.15) is 4.98 Å². The van der Waals surface area contributed by atoms with E-state index in [1.54, 1.807) is 12.1 Å². The Morgan fingerprint density at radius 1 is 1.03 bits per heavy atom. The van der Waals surface area contributed by atoms with Gasteiger partial charge in [0.05, 0.1) is 40.7 Å². The number of hydrogen-bond acceptors (Lipinski definition) is 7. The lowest BCUT2D eigenvalue weighted by Crippen LogP contribution is -2.34. The van der Waals surface area contributed by atoms with Gasteiger partial charge in [0.1, 0.15) is 29.9 Å². The molecule has 2 N–H and O–H groups in total. The summed E-state index contributed by atoms with van der Waals surface area (Å²) in [5, 5.41) is 9.96. The zero-order valence-corrected chi connectivity index (χ0v) is 21.9. The van der Waals surface area contributed by atoms with Gasteiger partial charge in [0.25, 0.3) is 6.01 Å². The van der Waals surface area contributed by atoms with Gasteiger partial charge in [-0.05, 0) is 54.0 Å². The Kier molecular flexibility index (Phi) is 6.65. The predicted octanol–water partition coefficient (Wildman–Crippen LogP) is 4.82. The van der Waals surface area contributed by atoms with Gasteiger partial charge >= 0.3 is 0 Å². The minimum Gasteiger partial charge on any atom is -0.456 e. The molecule has 0 amide bonds. The van der Waals surface area contributed by atoms with Crippen molar-refractivity contribution in [3.63, 3.8) is 0 Å². The van der Waals surface area contributed by atoms with E-state index in [4.69, 9.17) is 25.8 Å². The Morgan fingerprint density at radius 3 is 2.45 bits per heavy atom. The van der Waals surface area contributed by atoms with Gasteiger partial charge in [0.15, 0.2) is 11.8 Å². The number of aromatic nitrogens is 3. The van der Waals surface area contributed by atoms with Gasteiger partial charge in [-0.1, -0.05) is 23.7 Å². The number of aromatic amines is 1. The standard InChI is InChI=1S/C26H23ClF2N4O4S/c1-38(2)33-14-5-3-12(4-6-14)13-7-16(28)21(17(29)8-13)22-15(27)9-18-25(31-22)32-26(30-18)37-20-11-36-23-19(34)10-35-24(20)23/h3-9,19-20,23-24,34H,10-11H2,1-2H3,(H,30,31,32)/t19-,20-,23-,24-/m1/s1. The molecule has 2 fully saturated rings. The van der Waals surface area contributed by atoms with Crippen molar-refractivity contribution in [2.45, 2.75) is 24.4 Å². The number of imidazole rings is 1. The molecule has 0 unspecified atom stereocenters. The molecule has 4 aromatic rings. The molecular weight excluding hydrogens is 538 g/mol. The minimum absolute atomic E-state index is 0.0465. The van der Waals surface area contributed by atoms with E-state index in [-0.39, 0.29) is 51.8 Å². The van der Waals surface area contributed by atoms with E-state index < -0.39 is 36.1 Å². The van der Waals surface area contributed by atoms with Crippen LogP contribution in [0.25, 0.3) is 33.5 Å². The van der Waals surface area contributed by atoms with Crippen LogP contribution in [0.3, 0.4) is 0 Å². The van der Waals surface area contributed by atoms with Crippen molar-refractivity contribution in [2.75, 3.05) is 25.7 Å². The van der Waals surface area contributed by atoms with Crippen molar-refractivity contribution in [1.29, 1.82) is 0 Å². The fraction of sp³-hybridized carbons (Fsp3) is 0.308. The van der Waals surface area contributed by atoms with Crippen LogP contribution in [0, 0.1) is 11.6 Å². The molecule has 2 aromatic heterocycles. The smallest absolute Gasteiger partial charge is 0.296 e. The molecule has 8 nitrogen and oxygen atoms in total. The maximum Gasteiger partial charge on any atom is 0.296 e. The van der Waals surface area contributed by atoms with Crippen molar-refractivity contribution in [2.24, 2.45) is 4.36 Å². The largest absolute Gasteiger partial charge is 0.456 e. The Hall–Kier alpha value is -2.96. The number of nitrogens with zero attached hydrogens (tertiary/aromatic N) is 3. The average Bonchev–Trinajstić information content (AvgIpc) is 3.55. The average molecular weight is 561 g/mol. The van der Waals surface area contributed by atoms with Crippen molar-refractivity contribution in [3.8, 4) is 28.4 Å². The van der Waals surface area contributed by atoms with E-state index in [0.29, 0.717) is 16.6 Å². The number of fused-ring (bicyclic) bond motifs is 2. The molecule has 38 heavy (non-hydrogen) atoms. The number of aliphatic hydroxyl groups is 1. The highest BCUT2D eigenvalue weighted by Gasteiger charge is 2.48. The van der Waals surface area contributed by atoms with Crippen molar-refractivity contribution in [1.82, 2.24) is 15.0 Å². The van der Waals surface area contributed by atoms with Crippen LogP contribution >= 0.6 is 11.6 Å². The quantitative estimate of drug-likeness (QED) is 0.363. The van der Waals surface area contributed by atoms with Gasteiger partial charge < -0.3 is 24.3 Å². The van der Waals surface area contributed by atoms with Gasteiger partial charge in [0, 0.05) is 0 Å². The van der Waals surface area contributed by atoms with Crippen LogP contribution in [0.5, 0.6) is 6.01 Å². The first-order chi connectivity index (χ1) is 18.3. The second-order valence-electron chi connectivity index (χ2n) is 9.28. The molecule has 2 aliphatic rings. The monoisotopic (exact) mass is 560 g/mol. The third-order valence-electron chi connectivity index (χ3n) is 6.42. The number of H-pyrrole nitrogens is 1. The molecule has 2 saturated heterocycles. The summed E-state index contributed by atoms with van der Waals surface area (Å²) in [6.07, 6.45) is 1.94.